The van der Waals surface area contributed by atoms with Gasteiger partial charge < -0.3 is 18.8 Å². The fourth-order valence-electron chi connectivity index (χ4n) is 4.35. The molecule has 1 saturated heterocycles. The highest BCUT2D eigenvalue weighted by molar-refractivity contribution is 7.17. The molecule has 1 N–H and O–H groups in total. The van der Waals surface area contributed by atoms with Crippen LogP contribution in [0.5, 0.6) is 5.88 Å². The average molecular weight is 494 g/mol. The minimum Gasteiger partial charge on any atom is -0.492 e. The Hall–Kier alpha value is -3.96. The normalized spacial score (nSPS) is 15.6. The zero-order valence-corrected chi connectivity index (χ0v) is 19.2. The predicted molar refractivity (Wildman–Crippen MR) is 125 cm³/mol. The third-order valence-corrected chi connectivity index (χ3v) is 7.15. The molecule has 1 aliphatic rings. The molecule has 0 spiro atoms. The molecule has 1 atom stereocenters. The maximum atomic E-state index is 13.7. The fraction of sp³-hybridized carbons (Fsp3) is 0.208. The number of fused-ring (bicyclic) bond motifs is 1. The van der Waals surface area contributed by atoms with Crippen molar-refractivity contribution >= 4 is 22.2 Å². The van der Waals surface area contributed by atoms with Crippen LogP contribution in [0, 0.1) is 5.82 Å². The Bertz CT molecular complexity index is 1450. The molecule has 4 aromatic heterocycles. The van der Waals surface area contributed by atoms with E-state index in [1.54, 1.807) is 41.3 Å². The van der Waals surface area contributed by atoms with E-state index in [-0.39, 0.29) is 23.6 Å². The molecule has 11 heteroatoms. The summed E-state index contributed by atoms with van der Waals surface area (Å²) in [6.45, 7) is 2.08. The number of rotatable bonds is 5. The van der Waals surface area contributed by atoms with Crippen molar-refractivity contribution in [2.24, 2.45) is 0 Å². The minimum absolute atomic E-state index is 0.0290. The van der Waals surface area contributed by atoms with Crippen molar-refractivity contribution in [3.63, 3.8) is 0 Å². The highest BCUT2D eigenvalue weighted by Gasteiger charge is 2.33. The molecule has 35 heavy (non-hydrogen) atoms. The van der Waals surface area contributed by atoms with Crippen molar-refractivity contribution in [1.82, 2.24) is 24.4 Å². The molecular formula is C24H20FN5O4S. The fourth-order valence-corrected chi connectivity index (χ4v) is 5.47. The number of nitrogens with zero attached hydrogens (tertiary/aromatic N) is 5. The molecule has 0 unspecified atom stereocenters. The van der Waals surface area contributed by atoms with E-state index in [1.807, 2.05) is 0 Å². The molecule has 1 aliphatic heterocycles. The SMILES string of the molecule is O=C(c1ccco1)N1CCN([C@@H](c2ccc(F)cc2)c2sc3nc(-c4ccco4)nn3c2O)CC1. The first kappa shape index (κ1) is 21.6. The van der Waals surface area contributed by atoms with Gasteiger partial charge in [0, 0.05) is 26.2 Å². The quantitative estimate of drug-likeness (QED) is 0.394. The number of aromatic hydroxyl groups is 1. The predicted octanol–water partition coefficient (Wildman–Crippen LogP) is 4.04. The molecule has 0 saturated carbocycles. The van der Waals surface area contributed by atoms with Gasteiger partial charge in [-0.2, -0.15) is 9.50 Å². The van der Waals surface area contributed by atoms with Crippen molar-refractivity contribution in [2.45, 2.75) is 6.04 Å². The maximum Gasteiger partial charge on any atom is 0.289 e. The van der Waals surface area contributed by atoms with E-state index < -0.39 is 0 Å². The van der Waals surface area contributed by atoms with Gasteiger partial charge in [0.2, 0.25) is 16.7 Å². The van der Waals surface area contributed by atoms with Gasteiger partial charge in [0.25, 0.3) is 5.91 Å². The molecule has 9 nitrogen and oxygen atoms in total. The van der Waals surface area contributed by atoms with Crippen LogP contribution in [0.15, 0.2) is 69.9 Å². The van der Waals surface area contributed by atoms with Gasteiger partial charge in [-0.15, -0.1) is 5.10 Å². The van der Waals surface area contributed by atoms with Crippen LogP contribution in [0.1, 0.15) is 27.0 Å². The van der Waals surface area contributed by atoms with Crippen molar-refractivity contribution in [2.75, 3.05) is 26.2 Å². The summed E-state index contributed by atoms with van der Waals surface area (Å²) in [6, 6.07) is 12.7. The Morgan fingerprint density at radius 3 is 2.43 bits per heavy atom. The number of aromatic nitrogens is 3. The lowest BCUT2D eigenvalue weighted by atomic mass is 10.0. The van der Waals surface area contributed by atoms with Crippen LogP contribution in [-0.2, 0) is 0 Å². The standard InChI is InChI=1S/C24H20FN5O4S/c25-16-7-5-15(6-8-16)19(28-9-11-29(12-10-28)22(31)18-4-2-14-34-18)20-23(32)30-24(35-20)26-21(27-30)17-3-1-13-33-17/h1-8,13-14,19,32H,9-12H2/t19-/m0/s1. The summed E-state index contributed by atoms with van der Waals surface area (Å²) in [4.78, 5) is 22.3. The number of carbonyl (C=O) groups excluding carboxylic acids is 1. The Balaban J connectivity index is 1.32. The zero-order chi connectivity index (χ0) is 23.9. The molecule has 0 bridgehead atoms. The number of hydrogen-bond acceptors (Lipinski definition) is 8. The first-order valence-electron chi connectivity index (χ1n) is 11.0. The Morgan fingerprint density at radius 2 is 1.77 bits per heavy atom. The molecule has 6 rings (SSSR count). The molecule has 5 aromatic rings. The second-order valence-corrected chi connectivity index (χ2v) is 9.17. The first-order valence-corrected chi connectivity index (χ1v) is 11.8. The highest BCUT2D eigenvalue weighted by Crippen LogP contribution is 2.41. The maximum absolute atomic E-state index is 13.7. The van der Waals surface area contributed by atoms with E-state index in [9.17, 15) is 14.3 Å². The van der Waals surface area contributed by atoms with E-state index >= 15 is 0 Å². The smallest absolute Gasteiger partial charge is 0.289 e. The van der Waals surface area contributed by atoms with Crippen molar-refractivity contribution in [3.05, 3.63) is 83.1 Å². The number of thiazole rings is 1. The number of carbonyl (C=O) groups is 1. The van der Waals surface area contributed by atoms with E-state index in [2.05, 4.69) is 15.0 Å². The van der Waals surface area contributed by atoms with Crippen molar-refractivity contribution < 1.29 is 23.1 Å². The Labute approximate surface area is 202 Å². The summed E-state index contributed by atoms with van der Waals surface area (Å²) in [5, 5.41) is 15.5. The van der Waals surface area contributed by atoms with Gasteiger partial charge in [-0.25, -0.2) is 4.39 Å². The lowest BCUT2D eigenvalue weighted by Crippen LogP contribution is -2.49. The van der Waals surface area contributed by atoms with Crippen LogP contribution >= 0.6 is 11.3 Å². The van der Waals surface area contributed by atoms with E-state index in [0.717, 1.165) is 5.56 Å². The number of amides is 1. The summed E-state index contributed by atoms with van der Waals surface area (Å²) in [5.41, 5.74) is 0.822. The third-order valence-electron chi connectivity index (χ3n) is 6.07. The van der Waals surface area contributed by atoms with Crippen LogP contribution in [0.25, 0.3) is 16.5 Å². The highest BCUT2D eigenvalue weighted by atomic mass is 32.1. The molecule has 0 radical (unpaired) electrons. The van der Waals surface area contributed by atoms with E-state index in [4.69, 9.17) is 8.83 Å². The van der Waals surface area contributed by atoms with Crippen molar-refractivity contribution in [1.29, 1.82) is 0 Å². The van der Waals surface area contributed by atoms with Gasteiger partial charge in [0.15, 0.2) is 11.5 Å². The van der Waals surface area contributed by atoms with E-state index in [1.165, 1.54) is 40.5 Å². The lowest BCUT2D eigenvalue weighted by molar-refractivity contribution is 0.0568. The van der Waals surface area contributed by atoms with Crippen LogP contribution in [0.4, 0.5) is 4.39 Å². The molecule has 0 aliphatic carbocycles. The average Bonchev–Trinajstić information content (AvgIpc) is 3.68. The molecule has 1 aromatic carbocycles. The van der Waals surface area contributed by atoms with Crippen LogP contribution in [-0.4, -0.2) is 61.6 Å². The monoisotopic (exact) mass is 493 g/mol. The number of benzene rings is 1. The topological polar surface area (TPSA) is 100 Å². The van der Waals surface area contributed by atoms with Crippen LogP contribution in [0.2, 0.25) is 0 Å². The van der Waals surface area contributed by atoms with Gasteiger partial charge in [0.1, 0.15) is 5.82 Å². The Morgan fingerprint density at radius 1 is 1.03 bits per heavy atom. The first-order chi connectivity index (χ1) is 17.1. The summed E-state index contributed by atoms with van der Waals surface area (Å²) in [5.74, 6) is 0.681. The molecule has 5 heterocycles. The number of halogens is 1. The van der Waals surface area contributed by atoms with Gasteiger partial charge in [-0.3, -0.25) is 9.69 Å². The number of furan rings is 2. The Kier molecular flexibility index (Phi) is 5.34. The largest absolute Gasteiger partial charge is 0.492 e. The lowest BCUT2D eigenvalue weighted by Gasteiger charge is -2.38. The number of hydrogen-bond donors (Lipinski definition) is 1. The third kappa shape index (κ3) is 3.88. The minimum atomic E-state index is -0.364. The summed E-state index contributed by atoms with van der Waals surface area (Å²) >= 11 is 1.31. The number of piperazine rings is 1. The van der Waals surface area contributed by atoms with Gasteiger partial charge in [0.05, 0.1) is 23.4 Å². The summed E-state index contributed by atoms with van der Waals surface area (Å²) in [7, 11) is 0. The molecule has 1 amide bonds. The zero-order valence-electron chi connectivity index (χ0n) is 18.4. The van der Waals surface area contributed by atoms with Gasteiger partial charge >= 0.3 is 0 Å². The van der Waals surface area contributed by atoms with Gasteiger partial charge in [-0.05, 0) is 42.0 Å². The van der Waals surface area contributed by atoms with E-state index in [0.29, 0.717) is 53.4 Å². The van der Waals surface area contributed by atoms with Crippen LogP contribution < -0.4 is 0 Å². The second-order valence-electron chi connectivity index (χ2n) is 8.16. The summed E-state index contributed by atoms with van der Waals surface area (Å²) < 4.78 is 25.7. The van der Waals surface area contributed by atoms with Gasteiger partial charge in [-0.1, -0.05) is 23.5 Å². The molecule has 1 fully saturated rings. The van der Waals surface area contributed by atoms with Crippen LogP contribution in [0.3, 0.4) is 0 Å². The molecular weight excluding hydrogens is 473 g/mol. The summed E-state index contributed by atoms with van der Waals surface area (Å²) in [6.07, 6.45) is 3.02. The molecule has 178 valence electrons. The second kappa shape index (κ2) is 8.67. The van der Waals surface area contributed by atoms with Crippen molar-refractivity contribution in [3.8, 4) is 17.5 Å².